The number of halogens is 2. The minimum Gasteiger partial charge on any atom is -0.456 e. The number of ether oxygens (including phenoxy) is 1. The van der Waals surface area contributed by atoms with Gasteiger partial charge in [0.05, 0.1) is 6.20 Å². The highest BCUT2D eigenvalue weighted by molar-refractivity contribution is 6.34. The highest BCUT2D eigenvalue weighted by Gasteiger charge is 2.02. The summed E-state index contributed by atoms with van der Waals surface area (Å²) in [6.07, 6.45) is 3.43. The van der Waals surface area contributed by atoms with E-state index in [0.717, 1.165) is 12.1 Å². The predicted molar refractivity (Wildman–Crippen MR) is 73.5 cm³/mol. The summed E-state index contributed by atoms with van der Waals surface area (Å²) < 4.78 is 5.67. The molecule has 0 spiro atoms. The van der Waals surface area contributed by atoms with E-state index in [0.29, 0.717) is 21.5 Å². The minimum atomic E-state index is 0.539. The van der Waals surface area contributed by atoms with Gasteiger partial charge in [0.15, 0.2) is 0 Å². The zero-order valence-corrected chi connectivity index (χ0v) is 11.3. The number of aromatic nitrogens is 1. The maximum Gasteiger partial charge on any atom is 0.146 e. The molecule has 2 aromatic rings. The first-order chi connectivity index (χ1) is 8.67. The zero-order valence-electron chi connectivity index (χ0n) is 9.78. The van der Waals surface area contributed by atoms with E-state index < -0.39 is 0 Å². The molecule has 0 saturated heterocycles. The summed E-state index contributed by atoms with van der Waals surface area (Å²) in [7, 11) is 1.88. The van der Waals surface area contributed by atoms with E-state index in [1.54, 1.807) is 30.6 Å². The molecule has 3 nitrogen and oxygen atoms in total. The fourth-order valence-electron chi connectivity index (χ4n) is 1.54. The maximum atomic E-state index is 5.91. The summed E-state index contributed by atoms with van der Waals surface area (Å²) in [5.74, 6) is 1.25. The van der Waals surface area contributed by atoms with E-state index >= 15 is 0 Å². The van der Waals surface area contributed by atoms with Crippen LogP contribution >= 0.6 is 23.2 Å². The number of nitrogens with one attached hydrogen (secondary N) is 1. The molecule has 2 rings (SSSR count). The predicted octanol–water partition coefficient (Wildman–Crippen LogP) is 3.90. The Morgan fingerprint density at radius 1 is 1.06 bits per heavy atom. The van der Waals surface area contributed by atoms with Crippen LogP contribution in [0.2, 0.25) is 10.0 Å². The quantitative estimate of drug-likeness (QED) is 0.924. The third-order valence-electron chi connectivity index (χ3n) is 2.22. The van der Waals surface area contributed by atoms with Crippen LogP contribution in [0.5, 0.6) is 11.5 Å². The van der Waals surface area contributed by atoms with Crippen molar-refractivity contribution in [3.8, 4) is 11.5 Å². The second kappa shape index (κ2) is 6.05. The third kappa shape index (κ3) is 3.60. The van der Waals surface area contributed by atoms with Gasteiger partial charge in [-0.25, -0.2) is 0 Å². The van der Waals surface area contributed by atoms with Crippen LogP contribution in [0, 0.1) is 0 Å². The Balaban J connectivity index is 2.20. The van der Waals surface area contributed by atoms with Gasteiger partial charge in [-0.15, -0.1) is 0 Å². The molecule has 0 aliphatic rings. The summed E-state index contributed by atoms with van der Waals surface area (Å²) >= 11 is 11.8. The minimum absolute atomic E-state index is 0.539. The molecule has 0 amide bonds. The number of rotatable bonds is 4. The lowest BCUT2D eigenvalue weighted by atomic mass is 10.3. The third-order valence-corrected chi connectivity index (χ3v) is 2.66. The molecule has 1 heterocycles. The van der Waals surface area contributed by atoms with Crippen LogP contribution in [0.3, 0.4) is 0 Å². The van der Waals surface area contributed by atoms with E-state index in [1.165, 1.54) is 0 Å². The van der Waals surface area contributed by atoms with Crippen molar-refractivity contribution in [3.63, 3.8) is 0 Å². The molecule has 0 aliphatic heterocycles. The van der Waals surface area contributed by atoms with Crippen molar-refractivity contribution in [1.82, 2.24) is 10.3 Å². The number of hydrogen-bond donors (Lipinski definition) is 1. The largest absolute Gasteiger partial charge is 0.456 e. The van der Waals surface area contributed by atoms with E-state index in [4.69, 9.17) is 27.9 Å². The molecule has 1 aromatic heterocycles. The van der Waals surface area contributed by atoms with Gasteiger partial charge in [0.25, 0.3) is 0 Å². The smallest absolute Gasteiger partial charge is 0.146 e. The van der Waals surface area contributed by atoms with Crippen molar-refractivity contribution in [3.05, 3.63) is 52.3 Å². The lowest BCUT2D eigenvalue weighted by Gasteiger charge is -2.07. The average Bonchev–Trinajstić information content (AvgIpc) is 2.28. The Kier molecular flexibility index (Phi) is 4.42. The number of hydrogen-bond acceptors (Lipinski definition) is 3. The molecule has 0 atom stereocenters. The molecule has 1 N–H and O–H groups in total. The van der Waals surface area contributed by atoms with E-state index in [-0.39, 0.29) is 0 Å². The maximum absolute atomic E-state index is 5.91. The summed E-state index contributed by atoms with van der Waals surface area (Å²) in [4.78, 5) is 4.11. The molecule has 1 aromatic carbocycles. The lowest BCUT2D eigenvalue weighted by molar-refractivity contribution is 0.479. The fraction of sp³-hybridized carbons (Fsp3) is 0.154. The van der Waals surface area contributed by atoms with E-state index in [2.05, 4.69) is 10.3 Å². The Morgan fingerprint density at radius 2 is 1.78 bits per heavy atom. The van der Waals surface area contributed by atoms with Crippen LogP contribution in [0.25, 0.3) is 0 Å². The molecule has 0 unspecified atom stereocenters. The molecule has 5 heteroatoms. The molecule has 94 valence electrons. The van der Waals surface area contributed by atoms with E-state index in [9.17, 15) is 0 Å². The van der Waals surface area contributed by atoms with Gasteiger partial charge in [0, 0.05) is 22.8 Å². The summed E-state index contributed by atoms with van der Waals surface area (Å²) in [6.45, 7) is 0.737. The molecule has 0 fully saturated rings. The normalized spacial score (nSPS) is 10.4. The second-order valence-corrected chi connectivity index (χ2v) is 4.64. The van der Waals surface area contributed by atoms with Crippen LogP contribution in [-0.2, 0) is 6.54 Å². The molecule has 0 radical (unpaired) electrons. The zero-order chi connectivity index (χ0) is 13.0. The Morgan fingerprint density at radius 3 is 2.44 bits per heavy atom. The van der Waals surface area contributed by atoms with Gasteiger partial charge >= 0.3 is 0 Å². The molecule has 0 saturated carbocycles. The molecular weight excluding hydrogens is 271 g/mol. The van der Waals surface area contributed by atoms with Crippen molar-refractivity contribution in [2.45, 2.75) is 6.54 Å². The van der Waals surface area contributed by atoms with E-state index in [1.807, 2.05) is 13.1 Å². The van der Waals surface area contributed by atoms with Gasteiger partial charge in [-0.05, 0) is 36.9 Å². The summed E-state index contributed by atoms with van der Waals surface area (Å²) in [5.41, 5.74) is 1.04. The van der Waals surface area contributed by atoms with Crippen molar-refractivity contribution >= 4 is 23.2 Å². The molecular formula is C13H12Cl2N2O. The van der Waals surface area contributed by atoms with Gasteiger partial charge in [-0.2, -0.15) is 0 Å². The van der Waals surface area contributed by atoms with Crippen molar-refractivity contribution in [2.75, 3.05) is 7.05 Å². The van der Waals surface area contributed by atoms with Crippen molar-refractivity contribution in [2.24, 2.45) is 0 Å². The van der Waals surface area contributed by atoms with Gasteiger partial charge < -0.3 is 10.1 Å². The number of pyridine rings is 1. The van der Waals surface area contributed by atoms with Crippen molar-refractivity contribution in [1.29, 1.82) is 0 Å². The summed E-state index contributed by atoms with van der Waals surface area (Å²) in [6, 6.07) is 6.99. The highest BCUT2D eigenvalue weighted by Crippen LogP contribution is 2.28. The van der Waals surface area contributed by atoms with Crippen LogP contribution in [-0.4, -0.2) is 12.0 Å². The molecule has 0 aliphatic carbocycles. The summed E-state index contributed by atoms with van der Waals surface area (Å²) in [5, 5.41) is 4.13. The van der Waals surface area contributed by atoms with Crippen molar-refractivity contribution < 1.29 is 4.74 Å². The fourth-order valence-corrected chi connectivity index (χ4v) is 2.05. The standard InChI is InChI=1S/C13H12Cl2N2O/c1-16-6-9-2-13(8-17-7-9)18-12-4-10(14)3-11(15)5-12/h2-5,7-8,16H,6H2,1H3. The Labute approximate surface area is 116 Å². The number of benzene rings is 1. The van der Waals surface area contributed by atoms with Gasteiger partial charge in [0.1, 0.15) is 11.5 Å². The van der Waals surface area contributed by atoms with Crippen LogP contribution in [0.1, 0.15) is 5.56 Å². The van der Waals surface area contributed by atoms with Crippen LogP contribution in [0.4, 0.5) is 0 Å². The van der Waals surface area contributed by atoms with Gasteiger partial charge in [0.2, 0.25) is 0 Å². The highest BCUT2D eigenvalue weighted by atomic mass is 35.5. The monoisotopic (exact) mass is 282 g/mol. The van der Waals surface area contributed by atoms with Gasteiger partial charge in [-0.3, -0.25) is 4.98 Å². The van der Waals surface area contributed by atoms with Crippen LogP contribution in [0.15, 0.2) is 36.7 Å². The average molecular weight is 283 g/mol. The molecule has 0 bridgehead atoms. The molecule has 18 heavy (non-hydrogen) atoms. The first-order valence-electron chi connectivity index (χ1n) is 5.40. The first kappa shape index (κ1) is 13.1. The SMILES string of the molecule is CNCc1cncc(Oc2cc(Cl)cc(Cl)c2)c1. The number of nitrogens with zero attached hydrogens (tertiary/aromatic N) is 1. The topological polar surface area (TPSA) is 34.2 Å². The second-order valence-electron chi connectivity index (χ2n) is 3.77. The Hall–Kier alpha value is -1.29. The van der Waals surface area contributed by atoms with Crippen LogP contribution < -0.4 is 10.1 Å². The first-order valence-corrected chi connectivity index (χ1v) is 6.15. The van der Waals surface area contributed by atoms with Gasteiger partial charge in [-0.1, -0.05) is 23.2 Å². The Bertz CT molecular complexity index is 526. The lowest BCUT2D eigenvalue weighted by Crippen LogP contribution is -2.05.